The van der Waals surface area contributed by atoms with Gasteiger partial charge in [0.1, 0.15) is 0 Å². The molecular formula is C23H18N+. The molecule has 0 aliphatic carbocycles. The molecule has 1 aliphatic heterocycles. The van der Waals surface area contributed by atoms with Crippen molar-refractivity contribution in [3.8, 4) is 22.4 Å². The van der Waals surface area contributed by atoms with E-state index in [9.17, 15) is 0 Å². The minimum atomic E-state index is 0.960. The van der Waals surface area contributed by atoms with Crippen molar-refractivity contribution in [3.63, 3.8) is 0 Å². The van der Waals surface area contributed by atoms with E-state index in [1.807, 2.05) is 0 Å². The van der Waals surface area contributed by atoms with Crippen molar-refractivity contribution < 1.29 is 4.57 Å². The van der Waals surface area contributed by atoms with Gasteiger partial charge in [0.2, 0.25) is 11.2 Å². The standard InChI is InChI=1S/C23H18N/c1-16-22(17-9-3-2-4-10-17)20-13-7-8-14-21(20)24-15-18-11-5-6-12-19(18)23(16)24/h2-14H,15H2,1H3/q+1. The van der Waals surface area contributed by atoms with Crippen LogP contribution >= 0.6 is 0 Å². The Morgan fingerprint density at radius 1 is 0.750 bits per heavy atom. The fraction of sp³-hybridized carbons (Fsp3) is 0.0870. The molecular weight excluding hydrogens is 290 g/mol. The molecule has 4 aromatic rings. The first-order valence-corrected chi connectivity index (χ1v) is 8.43. The summed E-state index contributed by atoms with van der Waals surface area (Å²) in [4.78, 5) is 0. The summed E-state index contributed by atoms with van der Waals surface area (Å²) < 4.78 is 2.47. The van der Waals surface area contributed by atoms with Crippen LogP contribution in [-0.4, -0.2) is 0 Å². The Balaban J connectivity index is 1.96. The van der Waals surface area contributed by atoms with Gasteiger partial charge in [-0.05, 0) is 24.6 Å². The van der Waals surface area contributed by atoms with Gasteiger partial charge in [0.15, 0.2) is 6.54 Å². The quantitative estimate of drug-likeness (QED) is 0.378. The number of hydrogen-bond acceptors (Lipinski definition) is 0. The minimum absolute atomic E-state index is 0.960. The van der Waals surface area contributed by atoms with E-state index in [1.54, 1.807) is 0 Å². The van der Waals surface area contributed by atoms with Crippen LogP contribution < -0.4 is 4.57 Å². The summed E-state index contributed by atoms with van der Waals surface area (Å²) in [6.07, 6.45) is 0. The van der Waals surface area contributed by atoms with Crippen LogP contribution in [0.25, 0.3) is 33.3 Å². The lowest BCUT2D eigenvalue weighted by Gasteiger charge is -2.12. The van der Waals surface area contributed by atoms with E-state index in [-0.39, 0.29) is 0 Å². The Bertz CT molecular complexity index is 1080. The molecule has 0 saturated heterocycles. The van der Waals surface area contributed by atoms with Crippen LogP contribution in [0.1, 0.15) is 11.1 Å². The fourth-order valence-corrected chi connectivity index (χ4v) is 4.11. The van der Waals surface area contributed by atoms with E-state index in [2.05, 4.69) is 90.4 Å². The van der Waals surface area contributed by atoms with Gasteiger partial charge in [-0.2, -0.15) is 4.57 Å². The van der Waals surface area contributed by atoms with Crippen LogP contribution in [0.3, 0.4) is 0 Å². The van der Waals surface area contributed by atoms with Crippen LogP contribution in [-0.2, 0) is 6.54 Å². The molecule has 2 heterocycles. The van der Waals surface area contributed by atoms with Crippen molar-refractivity contribution in [2.45, 2.75) is 13.5 Å². The number of pyridine rings is 1. The second-order valence-corrected chi connectivity index (χ2v) is 6.48. The third-order valence-electron chi connectivity index (χ3n) is 5.13. The first-order chi connectivity index (χ1) is 11.8. The molecule has 0 atom stereocenters. The molecule has 0 saturated carbocycles. The SMILES string of the molecule is Cc1c(-c2ccccc2)c2ccccc2[n+]2c1-c1ccccc1C2. The average Bonchev–Trinajstić information content (AvgIpc) is 3.03. The molecule has 24 heavy (non-hydrogen) atoms. The molecule has 0 radical (unpaired) electrons. The molecule has 0 spiro atoms. The zero-order valence-electron chi connectivity index (χ0n) is 13.7. The van der Waals surface area contributed by atoms with Crippen LogP contribution in [0.5, 0.6) is 0 Å². The van der Waals surface area contributed by atoms with Crippen molar-refractivity contribution in [1.29, 1.82) is 0 Å². The number of benzene rings is 3. The summed E-state index contributed by atoms with van der Waals surface area (Å²) in [6, 6.07) is 28.3. The molecule has 0 bridgehead atoms. The normalized spacial score (nSPS) is 12.2. The van der Waals surface area contributed by atoms with Crippen LogP contribution in [0.2, 0.25) is 0 Å². The molecule has 114 valence electrons. The predicted molar refractivity (Wildman–Crippen MR) is 98.9 cm³/mol. The van der Waals surface area contributed by atoms with Gasteiger partial charge in [-0.25, -0.2) is 0 Å². The van der Waals surface area contributed by atoms with Gasteiger partial charge in [0.25, 0.3) is 0 Å². The van der Waals surface area contributed by atoms with E-state index in [0.29, 0.717) is 0 Å². The Hall–Kier alpha value is -2.93. The monoisotopic (exact) mass is 308 g/mol. The van der Waals surface area contributed by atoms with E-state index < -0.39 is 0 Å². The number of rotatable bonds is 1. The molecule has 1 aliphatic rings. The van der Waals surface area contributed by atoms with Crippen molar-refractivity contribution in [1.82, 2.24) is 0 Å². The lowest BCUT2D eigenvalue weighted by Crippen LogP contribution is -2.34. The topological polar surface area (TPSA) is 3.88 Å². The smallest absolute Gasteiger partial charge is 0.187 e. The second-order valence-electron chi connectivity index (χ2n) is 6.48. The number of nitrogens with zero attached hydrogens (tertiary/aromatic N) is 1. The Morgan fingerprint density at radius 3 is 2.33 bits per heavy atom. The molecule has 0 fully saturated rings. The van der Waals surface area contributed by atoms with Gasteiger partial charge in [0, 0.05) is 22.8 Å². The highest BCUT2D eigenvalue weighted by atomic mass is 15.0. The lowest BCUT2D eigenvalue weighted by atomic mass is 9.93. The largest absolute Gasteiger partial charge is 0.217 e. The maximum absolute atomic E-state index is 2.47. The molecule has 1 heteroatoms. The summed E-state index contributed by atoms with van der Waals surface area (Å²) in [5.41, 5.74) is 9.48. The van der Waals surface area contributed by atoms with Crippen molar-refractivity contribution in [2.24, 2.45) is 0 Å². The Labute approximate surface area is 141 Å². The van der Waals surface area contributed by atoms with Gasteiger partial charge in [-0.1, -0.05) is 60.7 Å². The van der Waals surface area contributed by atoms with Crippen molar-refractivity contribution in [3.05, 3.63) is 90.0 Å². The zero-order chi connectivity index (χ0) is 16.1. The Morgan fingerprint density at radius 2 is 1.46 bits per heavy atom. The summed E-state index contributed by atoms with van der Waals surface area (Å²) >= 11 is 0. The van der Waals surface area contributed by atoms with E-state index in [1.165, 1.54) is 44.4 Å². The van der Waals surface area contributed by atoms with Gasteiger partial charge in [-0.15, -0.1) is 0 Å². The maximum atomic E-state index is 2.47. The van der Waals surface area contributed by atoms with E-state index in [0.717, 1.165) is 6.54 Å². The Kier molecular flexibility index (Phi) is 2.83. The van der Waals surface area contributed by atoms with Crippen molar-refractivity contribution in [2.75, 3.05) is 0 Å². The van der Waals surface area contributed by atoms with Crippen LogP contribution in [0, 0.1) is 6.92 Å². The summed E-state index contributed by atoms with van der Waals surface area (Å²) in [6.45, 7) is 3.23. The van der Waals surface area contributed by atoms with Gasteiger partial charge >= 0.3 is 0 Å². The number of fused-ring (bicyclic) bond motifs is 5. The second kappa shape index (κ2) is 5.04. The third-order valence-corrected chi connectivity index (χ3v) is 5.13. The average molecular weight is 308 g/mol. The summed E-state index contributed by atoms with van der Waals surface area (Å²) in [7, 11) is 0. The highest BCUT2D eigenvalue weighted by Gasteiger charge is 2.32. The maximum Gasteiger partial charge on any atom is 0.217 e. The first kappa shape index (κ1) is 13.5. The van der Waals surface area contributed by atoms with Crippen LogP contribution in [0.4, 0.5) is 0 Å². The van der Waals surface area contributed by atoms with E-state index in [4.69, 9.17) is 0 Å². The molecule has 0 unspecified atom stereocenters. The van der Waals surface area contributed by atoms with Gasteiger partial charge in [-0.3, -0.25) is 0 Å². The molecule has 1 aromatic heterocycles. The minimum Gasteiger partial charge on any atom is -0.187 e. The third kappa shape index (κ3) is 1.78. The van der Waals surface area contributed by atoms with Gasteiger partial charge < -0.3 is 0 Å². The fourth-order valence-electron chi connectivity index (χ4n) is 4.11. The number of hydrogen-bond donors (Lipinski definition) is 0. The summed E-state index contributed by atoms with van der Waals surface area (Å²) in [5, 5.41) is 1.33. The van der Waals surface area contributed by atoms with Gasteiger partial charge in [0.05, 0.1) is 10.9 Å². The molecule has 1 nitrogen and oxygen atoms in total. The lowest BCUT2D eigenvalue weighted by molar-refractivity contribution is -0.645. The number of aromatic nitrogens is 1. The molecule has 3 aromatic carbocycles. The molecule has 0 N–H and O–H groups in total. The zero-order valence-corrected chi connectivity index (χ0v) is 13.7. The first-order valence-electron chi connectivity index (χ1n) is 8.43. The van der Waals surface area contributed by atoms with Crippen molar-refractivity contribution >= 4 is 10.9 Å². The number of para-hydroxylation sites is 1. The molecule has 5 rings (SSSR count). The van der Waals surface area contributed by atoms with Crippen LogP contribution in [0.15, 0.2) is 78.9 Å². The highest BCUT2D eigenvalue weighted by molar-refractivity contribution is 5.97. The summed E-state index contributed by atoms with van der Waals surface area (Å²) in [5.74, 6) is 0. The molecule has 0 amide bonds. The van der Waals surface area contributed by atoms with E-state index >= 15 is 0 Å². The highest BCUT2D eigenvalue weighted by Crippen LogP contribution is 2.38. The predicted octanol–water partition coefficient (Wildman–Crippen LogP) is 5.13.